The number of aromatic nitrogens is 3. The van der Waals surface area contributed by atoms with Crippen LogP contribution in [-0.4, -0.2) is 14.5 Å². The first-order valence-corrected chi connectivity index (χ1v) is 4.52. The summed E-state index contributed by atoms with van der Waals surface area (Å²) in [4.78, 5) is 8.71. The van der Waals surface area contributed by atoms with Crippen molar-refractivity contribution in [2.75, 3.05) is 0 Å². The molecule has 3 heteroatoms. The lowest BCUT2D eigenvalue weighted by atomic mass is 10.3. The van der Waals surface area contributed by atoms with Crippen molar-refractivity contribution in [1.29, 1.82) is 0 Å². The molecule has 3 aromatic heterocycles. The van der Waals surface area contributed by atoms with Gasteiger partial charge < -0.3 is 4.57 Å². The quantitative estimate of drug-likeness (QED) is 0.534. The average Bonchev–Trinajstić information content (AvgIpc) is 2.55. The van der Waals surface area contributed by atoms with Gasteiger partial charge in [0, 0.05) is 24.8 Å². The maximum atomic E-state index is 4.37. The Morgan fingerprint density at radius 3 is 2.79 bits per heavy atom. The summed E-state index contributed by atoms with van der Waals surface area (Å²) in [6, 6.07) is 8.00. The second kappa shape index (κ2) is 2.54. The largest absolute Gasteiger partial charge is 0.327 e. The van der Waals surface area contributed by atoms with Crippen molar-refractivity contribution >= 4 is 22.1 Å². The number of aryl methyl sites for hydroxylation is 1. The van der Waals surface area contributed by atoms with E-state index >= 15 is 0 Å². The van der Waals surface area contributed by atoms with Crippen molar-refractivity contribution in [2.45, 2.75) is 0 Å². The van der Waals surface area contributed by atoms with Gasteiger partial charge in [-0.3, -0.25) is 4.98 Å². The summed E-state index contributed by atoms with van der Waals surface area (Å²) in [6.07, 6.45) is 3.62. The number of hydrogen-bond acceptors (Lipinski definition) is 2. The molecule has 0 aliphatic rings. The van der Waals surface area contributed by atoms with E-state index in [0.29, 0.717) is 0 Å². The summed E-state index contributed by atoms with van der Waals surface area (Å²) in [5.74, 6) is 0. The van der Waals surface area contributed by atoms with Crippen molar-refractivity contribution < 1.29 is 0 Å². The van der Waals surface area contributed by atoms with Crippen LogP contribution in [0.1, 0.15) is 0 Å². The highest BCUT2D eigenvalue weighted by Crippen LogP contribution is 2.23. The second-order valence-electron chi connectivity index (χ2n) is 3.30. The minimum atomic E-state index is 0.987. The SMILES string of the molecule is Cn1c2cccnc2c2cccnc21. The van der Waals surface area contributed by atoms with Crippen LogP contribution in [0, 0.1) is 0 Å². The minimum absolute atomic E-state index is 0.987. The Morgan fingerprint density at radius 2 is 1.86 bits per heavy atom. The smallest absolute Gasteiger partial charge is 0.142 e. The van der Waals surface area contributed by atoms with Crippen LogP contribution in [0.2, 0.25) is 0 Å². The molecule has 3 nitrogen and oxygen atoms in total. The maximum absolute atomic E-state index is 4.37. The van der Waals surface area contributed by atoms with Gasteiger partial charge in [0.2, 0.25) is 0 Å². The molecule has 0 aliphatic heterocycles. The molecule has 0 unspecified atom stereocenters. The zero-order valence-corrected chi connectivity index (χ0v) is 7.81. The van der Waals surface area contributed by atoms with Crippen LogP contribution in [0.5, 0.6) is 0 Å². The number of rotatable bonds is 0. The van der Waals surface area contributed by atoms with Gasteiger partial charge in [-0.05, 0) is 24.3 Å². The summed E-state index contributed by atoms with van der Waals surface area (Å²) in [7, 11) is 2.01. The Bertz CT molecular complexity index is 557. The molecule has 0 fully saturated rings. The molecule has 0 amide bonds. The lowest BCUT2D eigenvalue weighted by molar-refractivity contribution is 0.988. The molecule has 0 aromatic carbocycles. The maximum Gasteiger partial charge on any atom is 0.142 e. The van der Waals surface area contributed by atoms with Crippen molar-refractivity contribution in [1.82, 2.24) is 14.5 Å². The third-order valence-electron chi connectivity index (χ3n) is 2.51. The first-order chi connectivity index (χ1) is 6.88. The Labute approximate surface area is 81.0 Å². The van der Waals surface area contributed by atoms with Gasteiger partial charge in [0.15, 0.2) is 0 Å². The fourth-order valence-corrected chi connectivity index (χ4v) is 1.84. The topological polar surface area (TPSA) is 30.7 Å². The number of fused-ring (bicyclic) bond motifs is 3. The Kier molecular flexibility index (Phi) is 1.36. The van der Waals surface area contributed by atoms with E-state index in [1.165, 1.54) is 0 Å². The van der Waals surface area contributed by atoms with Crippen LogP contribution in [0.4, 0.5) is 0 Å². The molecule has 0 atom stereocenters. The molecule has 0 saturated heterocycles. The zero-order chi connectivity index (χ0) is 9.54. The van der Waals surface area contributed by atoms with Crippen molar-refractivity contribution in [3.8, 4) is 0 Å². The number of pyridine rings is 2. The van der Waals surface area contributed by atoms with Gasteiger partial charge in [-0.2, -0.15) is 0 Å². The highest BCUT2D eigenvalue weighted by Gasteiger charge is 2.07. The van der Waals surface area contributed by atoms with Crippen LogP contribution >= 0.6 is 0 Å². The summed E-state index contributed by atoms with van der Waals surface area (Å²) in [5.41, 5.74) is 3.14. The van der Waals surface area contributed by atoms with Crippen LogP contribution in [0.15, 0.2) is 36.7 Å². The van der Waals surface area contributed by atoms with E-state index in [4.69, 9.17) is 0 Å². The monoisotopic (exact) mass is 183 g/mol. The molecule has 3 heterocycles. The van der Waals surface area contributed by atoms with Crippen molar-refractivity contribution in [3.63, 3.8) is 0 Å². The van der Waals surface area contributed by atoms with E-state index in [9.17, 15) is 0 Å². The molecule has 0 bridgehead atoms. The summed E-state index contributed by atoms with van der Waals surface area (Å²) >= 11 is 0. The van der Waals surface area contributed by atoms with Gasteiger partial charge >= 0.3 is 0 Å². The van der Waals surface area contributed by atoms with Gasteiger partial charge in [-0.1, -0.05) is 0 Å². The van der Waals surface area contributed by atoms with Gasteiger partial charge in [0.05, 0.1) is 11.0 Å². The molecule has 0 aliphatic carbocycles. The second-order valence-corrected chi connectivity index (χ2v) is 3.30. The lowest BCUT2D eigenvalue weighted by Crippen LogP contribution is -1.88. The number of hydrogen-bond donors (Lipinski definition) is 0. The first-order valence-electron chi connectivity index (χ1n) is 4.52. The van der Waals surface area contributed by atoms with Crippen LogP contribution in [-0.2, 0) is 7.05 Å². The molecular formula is C11H9N3. The molecular weight excluding hydrogens is 174 g/mol. The van der Waals surface area contributed by atoms with E-state index < -0.39 is 0 Å². The van der Waals surface area contributed by atoms with Gasteiger partial charge in [-0.15, -0.1) is 0 Å². The molecule has 0 spiro atoms. The fourth-order valence-electron chi connectivity index (χ4n) is 1.84. The summed E-state index contributed by atoms with van der Waals surface area (Å²) < 4.78 is 2.07. The summed E-state index contributed by atoms with van der Waals surface area (Å²) in [6.45, 7) is 0. The van der Waals surface area contributed by atoms with Gasteiger partial charge in [0.1, 0.15) is 5.65 Å². The van der Waals surface area contributed by atoms with E-state index in [-0.39, 0.29) is 0 Å². The standard InChI is InChI=1S/C11H9N3/c1-14-9-5-3-6-12-10(9)8-4-2-7-13-11(8)14/h2-7H,1H3. The molecule has 0 radical (unpaired) electrons. The predicted molar refractivity (Wildman–Crippen MR) is 56.0 cm³/mol. The molecule has 68 valence electrons. The fraction of sp³-hybridized carbons (Fsp3) is 0.0909. The van der Waals surface area contributed by atoms with E-state index in [1.54, 1.807) is 6.20 Å². The van der Waals surface area contributed by atoms with Crippen LogP contribution < -0.4 is 0 Å². The molecule has 14 heavy (non-hydrogen) atoms. The minimum Gasteiger partial charge on any atom is -0.327 e. The Hall–Kier alpha value is -1.90. The Morgan fingerprint density at radius 1 is 1.07 bits per heavy atom. The molecule has 3 aromatic rings. The van der Waals surface area contributed by atoms with Crippen molar-refractivity contribution in [3.05, 3.63) is 36.7 Å². The van der Waals surface area contributed by atoms with Crippen LogP contribution in [0.25, 0.3) is 22.1 Å². The van der Waals surface area contributed by atoms with E-state index in [2.05, 4.69) is 26.7 Å². The normalized spacial score (nSPS) is 11.2. The molecule has 0 N–H and O–H groups in total. The van der Waals surface area contributed by atoms with Gasteiger partial charge in [0.25, 0.3) is 0 Å². The van der Waals surface area contributed by atoms with E-state index in [0.717, 1.165) is 22.1 Å². The summed E-state index contributed by atoms with van der Waals surface area (Å²) in [5, 5.41) is 1.12. The molecule has 3 rings (SSSR count). The predicted octanol–water partition coefficient (Wildman–Crippen LogP) is 2.12. The Balaban J connectivity index is 2.69. The highest BCUT2D eigenvalue weighted by molar-refractivity contribution is 6.03. The number of nitrogens with zero attached hydrogens (tertiary/aromatic N) is 3. The average molecular weight is 183 g/mol. The first kappa shape index (κ1) is 7.50. The lowest BCUT2D eigenvalue weighted by Gasteiger charge is -1.94. The van der Waals surface area contributed by atoms with Gasteiger partial charge in [-0.25, -0.2) is 4.98 Å². The van der Waals surface area contributed by atoms with Crippen molar-refractivity contribution in [2.24, 2.45) is 7.05 Å². The third kappa shape index (κ3) is 0.812. The highest BCUT2D eigenvalue weighted by atomic mass is 15.0. The van der Waals surface area contributed by atoms with E-state index in [1.807, 2.05) is 25.4 Å². The van der Waals surface area contributed by atoms with Crippen LogP contribution in [0.3, 0.4) is 0 Å². The molecule has 0 saturated carbocycles. The third-order valence-corrected chi connectivity index (χ3v) is 2.51. The zero-order valence-electron chi connectivity index (χ0n) is 7.81.